The van der Waals surface area contributed by atoms with Gasteiger partial charge in [0.2, 0.25) is 0 Å². The van der Waals surface area contributed by atoms with Gasteiger partial charge < -0.3 is 4.79 Å². The van der Waals surface area contributed by atoms with Gasteiger partial charge in [-0.3, -0.25) is 10.1 Å². The van der Waals surface area contributed by atoms with Crippen molar-refractivity contribution in [2.45, 2.75) is 19.3 Å². The van der Waals surface area contributed by atoms with E-state index in [4.69, 9.17) is 0 Å². The van der Waals surface area contributed by atoms with Crippen LogP contribution in [0.5, 0.6) is 0 Å². The van der Waals surface area contributed by atoms with Crippen LogP contribution in [0.15, 0.2) is 18.2 Å². The number of unbranched alkanes of at least 4 members (excludes halogenated alkanes) is 1. The highest BCUT2D eigenvalue weighted by atomic mass is 19.1. The molecule has 0 saturated heterocycles. The van der Waals surface area contributed by atoms with Crippen molar-refractivity contribution in [2.24, 2.45) is 0 Å². The molecule has 0 N–H and O–H groups in total. The second kappa shape index (κ2) is 5.19. The molecule has 0 amide bonds. The Bertz CT molecular complexity index is 379. The highest BCUT2D eigenvalue weighted by Gasteiger charge is 2.16. The van der Waals surface area contributed by atoms with E-state index in [1.807, 2.05) is 0 Å². The zero-order chi connectivity index (χ0) is 11.3. The molecule has 15 heavy (non-hydrogen) atoms. The molecule has 0 bridgehead atoms. The average Bonchev–Trinajstić information content (AvgIpc) is 2.20. The Kier molecular flexibility index (Phi) is 3.91. The van der Waals surface area contributed by atoms with E-state index in [-0.39, 0.29) is 24.1 Å². The van der Waals surface area contributed by atoms with Crippen LogP contribution in [0.2, 0.25) is 0 Å². The number of nitro benzene ring substituents is 1. The largest absolute Gasteiger partial charge is 0.303 e. The number of hydrogen-bond acceptors (Lipinski definition) is 3. The van der Waals surface area contributed by atoms with Gasteiger partial charge in [-0.1, -0.05) is 6.07 Å². The van der Waals surface area contributed by atoms with Crippen LogP contribution in [-0.4, -0.2) is 11.2 Å². The first-order chi connectivity index (χ1) is 7.16. The Morgan fingerprint density at radius 3 is 2.80 bits per heavy atom. The first-order valence-corrected chi connectivity index (χ1v) is 4.52. The van der Waals surface area contributed by atoms with Crippen molar-refractivity contribution < 1.29 is 14.1 Å². The molecule has 0 unspecified atom stereocenters. The van der Waals surface area contributed by atoms with Crippen molar-refractivity contribution in [1.29, 1.82) is 0 Å². The number of carbonyl (C=O) groups is 1. The lowest BCUT2D eigenvalue weighted by Crippen LogP contribution is -1.99. The Morgan fingerprint density at radius 1 is 1.47 bits per heavy atom. The first kappa shape index (κ1) is 11.3. The molecule has 0 aromatic heterocycles. The summed E-state index contributed by atoms with van der Waals surface area (Å²) in [6.07, 6.45) is 1.63. The van der Waals surface area contributed by atoms with Crippen LogP contribution in [0.25, 0.3) is 0 Å². The molecule has 5 heteroatoms. The van der Waals surface area contributed by atoms with Gasteiger partial charge in [0.25, 0.3) is 5.69 Å². The summed E-state index contributed by atoms with van der Waals surface area (Å²) in [6, 6.07) is 3.75. The summed E-state index contributed by atoms with van der Waals surface area (Å²) in [4.78, 5) is 20.0. The monoisotopic (exact) mass is 211 g/mol. The Morgan fingerprint density at radius 2 is 2.20 bits per heavy atom. The van der Waals surface area contributed by atoms with E-state index in [1.54, 1.807) is 0 Å². The number of carbonyl (C=O) groups excluding carboxylic acids is 1. The maximum absolute atomic E-state index is 13.2. The third kappa shape index (κ3) is 2.83. The van der Waals surface area contributed by atoms with Gasteiger partial charge in [0.05, 0.1) is 10.5 Å². The molecule has 1 aromatic carbocycles. The molecule has 0 radical (unpaired) electrons. The van der Waals surface area contributed by atoms with Crippen LogP contribution >= 0.6 is 0 Å². The molecule has 1 rings (SSSR count). The summed E-state index contributed by atoms with van der Waals surface area (Å²) >= 11 is 0. The fourth-order valence-corrected chi connectivity index (χ4v) is 1.33. The van der Waals surface area contributed by atoms with E-state index < -0.39 is 10.7 Å². The molecule has 0 spiro atoms. The van der Waals surface area contributed by atoms with Gasteiger partial charge in [0, 0.05) is 12.5 Å². The van der Waals surface area contributed by atoms with E-state index in [0.717, 1.165) is 0 Å². The summed E-state index contributed by atoms with van der Waals surface area (Å²) in [6.45, 7) is 0. The number of benzene rings is 1. The minimum absolute atomic E-state index is 0.0735. The van der Waals surface area contributed by atoms with Gasteiger partial charge in [0.1, 0.15) is 12.1 Å². The van der Waals surface area contributed by atoms with Crippen molar-refractivity contribution in [2.75, 3.05) is 0 Å². The van der Waals surface area contributed by atoms with Crippen LogP contribution in [0, 0.1) is 15.9 Å². The maximum Gasteiger partial charge on any atom is 0.275 e. The van der Waals surface area contributed by atoms with Crippen LogP contribution in [0.4, 0.5) is 10.1 Å². The minimum Gasteiger partial charge on any atom is -0.303 e. The van der Waals surface area contributed by atoms with Gasteiger partial charge in [-0.25, -0.2) is 4.39 Å². The topological polar surface area (TPSA) is 60.2 Å². The predicted octanol–water partition coefficient (Wildman–Crippen LogP) is 2.26. The second-order valence-electron chi connectivity index (χ2n) is 3.05. The van der Waals surface area contributed by atoms with Gasteiger partial charge in [-0.05, 0) is 18.9 Å². The molecule has 0 fully saturated rings. The Balaban J connectivity index is 2.92. The van der Waals surface area contributed by atoms with Crippen LogP contribution in [0.1, 0.15) is 18.4 Å². The molecule has 0 heterocycles. The molecule has 80 valence electrons. The maximum atomic E-state index is 13.2. The fourth-order valence-electron chi connectivity index (χ4n) is 1.33. The minimum atomic E-state index is -0.612. The predicted molar refractivity (Wildman–Crippen MR) is 52.1 cm³/mol. The molecule has 0 aliphatic heterocycles. The lowest BCUT2D eigenvalue weighted by molar-refractivity contribution is -0.385. The highest BCUT2D eigenvalue weighted by molar-refractivity contribution is 5.49. The van der Waals surface area contributed by atoms with Crippen molar-refractivity contribution in [1.82, 2.24) is 0 Å². The van der Waals surface area contributed by atoms with Crippen molar-refractivity contribution in [3.63, 3.8) is 0 Å². The van der Waals surface area contributed by atoms with Crippen molar-refractivity contribution >= 4 is 12.0 Å². The molecule has 0 atom stereocenters. The number of aldehydes is 1. The third-order valence-electron chi connectivity index (χ3n) is 2.04. The van der Waals surface area contributed by atoms with Crippen molar-refractivity contribution in [3.8, 4) is 0 Å². The first-order valence-electron chi connectivity index (χ1n) is 4.52. The molecule has 1 aromatic rings. The zero-order valence-corrected chi connectivity index (χ0v) is 7.98. The Labute approximate surface area is 85.9 Å². The molecule has 0 aliphatic rings. The highest BCUT2D eigenvalue weighted by Crippen LogP contribution is 2.22. The van der Waals surface area contributed by atoms with Crippen molar-refractivity contribution in [3.05, 3.63) is 39.7 Å². The van der Waals surface area contributed by atoms with E-state index in [0.29, 0.717) is 12.7 Å². The number of rotatable bonds is 5. The van der Waals surface area contributed by atoms with Gasteiger partial charge in [0.15, 0.2) is 0 Å². The SMILES string of the molecule is O=CCCCc1c(F)cccc1[N+](=O)[O-]. The van der Waals surface area contributed by atoms with Gasteiger partial charge in [-0.15, -0.1) is 0 Å². The number of hydrogen-bond donors (Lipinski definition) is 0. The summed E-state index contributed by atoms with van der Waals surface area (Å²) in [7, 11) is 0. The summed E-state index contributed by atoms with van der Waals surface area (Å²) in [5.41, 5.74) is -0.148. The van der Waals surface area contributed by atoms with Crippen LogP contribution < -0.4 is 0 Å². The zero-order valence-electron chi connectivity index (χ0n) is 7.98. The number of nitro groups is 1. The van der Waals surface area contributed by atoms with E-state index in [9.17, 15) is 19.3 Å². The second-order valence-corrected chi connectivity index (χ2v) is 3.05. The fraction of sp³-hybridized carbons (Fsp3) is 0.300. The molecule has 4 nitrogen and oxygen atoms in total. The summed E-state index contributed by atoms with van der Waals surface area (Å²) in [5.74, 6) is -0.588. The van der Waals surface area contributed by atoms with Crippen LogP contribution in [0.3, 0.4) is 0 Å². The van der Waals surface area contributed by atoms with Crippen LogP contribution in [-0.2, 0) is 11.2 Å². The molecule has 0 aliphatic carbocycles. The summed E-state index contributed by atoms with van der Waals surface area (Å²) in [5, 5.41) is 10.6. The Hall–Kier alpha value is -1.78. The van der Waals surface area contributed by atoms with Gasteiger partial charge >= 0.3 is 0 Å². The lowest BCUT2D eigenvalue weighted by Gasteiger charge is -2.02. The molecular weight excluding hydrogens is 201 g/mol. The van der Waals surface area contributed by atoms with E-state index in [1.165, 1.54) is 18.2 Å². The number of halogens is 1. The quantitative estimate of drug-likeness (QED) is 0.325. The molecular formula is C10H10FNO3. The standard InChI is InChI=1S/C10H10FNO3/c11-9-5-3-6-10(12(14)15)8(9)4-1-2-7-13/h3,5-7H,1-2,4H2. The normalized spacial score (nSPS) is 9.93. The van der Waals surface area contributed by atoms with E-state index in [2.05, 4.69) is 0 Å². The smallest absolute Gasteiger partial charge is 0.275 e. The number of nitrogens with zero attached hydrogens (tertiary/aromatic N) is 1. The molecule has 0 saturated carbocycles. The lowest BCUT2D eigenvalue weighted by atomic mass is 10.1. The third-order valence-corrected chi connectivity index (χ3v) is 2.04. The average molecular weight is 211 g/mol. The summed E-state index contributed by atoms with van der Waals surface area (Å²) < 4.78 is 13.2. The van der Waals surface area contributed by atoms with E-state index >= 15 is 0 Å². The van der Waals surface area contributed by atoms with Gasteiger partial charge in [-0.2, -0.15) is 0 Å².